The summed E-state index contributed by atoms with van der Waals surface area (Å²) in [5, 5.41) is 15.4. The predicted octanol–water partition coefficient (Wildman–Crippen LogP) is 13.0. The molecule has 0 heterocycles. The van der Waals surface area contributed by atoms with Gasteiger partial charge in [-0.15, -0.1) is 0 Å². The molecule has 10 aromatic rings. The summed E-state index contributed by atoms with van der Waals surface area (Å²) < 4.78 is 0. The Balaban J connectivity index is 1.34. The molecule has 0 nitrogen and oxygen atoms in total. The second-order valence-corrected chi connectivity index (χ2v) is 12.5. The highest BCUT2D eigenvalue weighted by atomic mass is 14.2. The summed E-state index contributed by atoms with van der Waals surface area (Å²) in [5.74, 6) is 0. The van der Waals surface area contributed by atoms with Crippen LogP contribution in [0.2, 0.25) is 0 Å². The van der Waals surface area contributed by atoms with Crippen LogP contribution >= 0.6 is 0 Å². The molecule has 0 bridgehead atoms. The maximum atomic E-state index is 2.44. The van der Waals surface area contributed by atoms with Crippen LogP contribution in [0.25, 0.3) is 98.0 Å². The monoisotopic (exact) mass is 580 g/mol. The van der Waals surface area contributed by atoms with Gasteiger partial charge in [0.1, 0.15) is 0 Å². The second kappa shape index (κ2) is 9.76. The van der Waals surface area contributed by atoms with E-state index in [0.717, 1.165) is 0 Å². The van der Waals surface area contributed by atoms with Crippen LogP contribution < -0.4 is 0 Å². The van der Waals surface area contributed by atoms with Gasteiger partial charge in [-0.2, -0.15) is 0 Å². The second-order valence-electron chi connectivity index (χ2n) is 12.5. The third kappa shape index (κ3) is 3.74. The molecule has 0 fully saturated rings. The van der Waals surface area contributed by atoms with E-state index in [1.165, 1.54) is 98.0 Å². The van der Waals surface area contributed by atoms with Gasteiger partial charge in [-0.25, -0.2) is 0 Å². The van der Waals surface area contributed by atoms with Crippen LogP contribution in [-0.4, -0.2) is 0 Å². The molecular weight excluding hydrogens is 553 g/mol. The fourth-order valence-corrected chi connectivity index (χ4v) is 7.78. The highest BCUT2D eigenvalue weighted by Gasteiger charge is 2.19. The molecule has 0 N–H and O–H groups in total. The summed E-state index contributed by atoms with van der Waals surface area (Å²) in [4.78, 5) is 0. The van der Waals surface area contributed by atoms with Gasteiger partial charge in [0.05, 0.1) is 0 Å². The minimum atomic E-state index is 1.24. The molecule has 0 amide bonds. The molecular formula is C46H28. The van der Waals surface area contributed by atoms with E-state index in [0.29, 0.717) is 0 Å². The van der Waals surface area contributed by atoms with Crippen molar-refractivity contribution in [3.8, 4) is 33.4 Å². The van der Waals surface area contributed by atoms with Crippen LogP contribution in [0.3, 0.4) is 0 Å². The van der Waals surface area contributed by atoms with Crippen LogP contribution in [0, 0.1) is 0 Å². The molecule has 0 atom stereocenters. The fourth-order valence-electron chi connectivity index (χ4n) is 7.78. The number of benzene rings is 10. The topological polar surface area (TPSA) is 0 Å². The molecule has 0 aliphatic carbocycles. The van der Waals surface area contributed by atoms with Crippen molar-refractivity contribution in [2.75, 3.05) is 0 Å². The standard InChI is InChI=1S/C46H28/c1-3-11-33-26-35(18-16-29(33)8-1)38-22-20-32-21-23-42-44(39-15-7-13-31-10-5-6-14-37(31)39)28-43(41-25-24-40(38)45(32)46(41)42)36-19-17-30-9-2-4-12-34(30)27-36/h1-28H. The van der Waals surface area contributed by atoms with E-state index in [-0.39, 0.29) is 0 Å². The molecule has 0 aromatic heterocycles. The number of hydrogen-bond acceptors (Lipinski definition) is 0. The summed E-state index contributed by atoms with van der Waals surface area (Å²) >= 11 is 0. The highest BCUT2D eigenvalue weighted by molar-refractivity contribution is 6.30. The van der Waals surface area contributed by atoms with Crippen molar-refractivity contribution in [2.24, 2.45) is 0 Å². The summed E-state index contributed by atoms with van der Waals surface area (Å²) in [7, 11) is 0. The molecule has 0 saturated heterocycles. The maximum Gasteiger partial charge on any atom is -0.00141 e. The third-order valence-corrected chi connectivity index (χ3v) is 9.98. The summed E-state index contributed by atoms with van der Waals surface area (Å²) in [6.07, 6.45) is 0. The van der Waals surface area contributed by atoms with Gasteiger partial charge < -0.3 is 0 Å². The van der Waals surface area contributed by atoms with E-state index in [1.54, 1.807) is 0 Å². The Morgan fingerprint density at radius 2 is 0.739 bits per heavy atom. The van der Waals surface area contributed by atoms with Gasteiger partial charge in [-0.3, -0.25) is 0 Å². The first-order valence-corrected chi connectivity index (χ1v) is 16.0. The Kier molecular flexibility index (Phi) is 5.38. The largest absolute Gasteiger partial charge is 0.0616 e. The van der Waals surface area contributed by atoms with Crippen molar-refractivity contribution >= 4 is 64.6 Å². The Labute approximate surface area is 267 Å². The van der Waals surface area contributed by atoms with Gasteiger partial charge in [0.2, 0.25) is 0 Å². The molecule has 0 aliphatic rings. The van der Waals surface area contributed by atoms with E-state index >= 15 is 0 Å². The molecule has 0 heteroatoms. The molecule has 10 rings (SSSR count). The summed E-state index contributed by atoms with van der Waals surface area (Å²) in [6, 6.07) is 63.0. The van der Waals surface area contributed by atoms with E-state index < -0.39 is 0 Å². The average Bonchev–Trinajstić information content (AvgIpc) is 3.13. The van der Waals surface area contributed by atoms with Crippen molar-refractivity contribution in [1.29, 1.82) is 0 Å². The Morgan fingerprint density at radius 3 is 1.48 bits per heavy atom. The van der Waals surface area contributed by atoms with Crippen molar-refractivity contribution in [3.05, 3.63) is 170 Å². The molecule has 0 radical (unpaired) electrons. The van der Waals surface area contributed by atoms with Gasteiger partial charge in [0.25, 0.3) is 0 Å². The number of fused-ring (bicyclic) bond motifs is 3. The first-order chi connectivity index (χ1) is 22.8. The zero-order valence-corrected chi connectivity index (χ0v) is 25.2. The fraction of sp³-hybridized carbons (Fsp3) is 0. The van der Waals surface area contributed by atoms with Gasteiger partial charge in [-0.1, -0.05) is 152 Å². The normalized spacial score (nSPS) is 11.9. The molecule has 0 saturated carbocycles. The van der Waals surface area contributed by atoms with E-state index in [4.69, 9.17) is 0 Å². The molecule has 46 heavy (non-hydrogen) atoms. The van der Waals surface area contributed by atoms with Crippen LogP contribution in [0.15, 0.2) is 170 Å². The predicted molar refractivity (Wildman–Crippen MR) is 199 cm³/mol. The van der Waals surface area contributed by atoms with Crippen LogP contribution in [0.1, 0.15) is 0 Å². The lowest BCUT2D eigenvalue weighted by Gasteiger charge is -2.20. The molecule has 0 unspecified atom stereocenters. The Bertz CT molecular complexity index is 2790. The van der Waals surface area contributed by atoms with Crippen LogP contribution in [-0.2, 0) is 0 Å². The quantitative estimate of drug-likeness (QED) is 0.182. The lowest BCUT2D eigenvalue weighted by Crippen LogP contribution is -1.93. The molecule has 0 spiro atoms. The first kappa shape index (κ1) is 25.4. The summed E-state index contributed by atoms with van der Waals surface area (Å²) in [6.45, 7) is 0. The maximum absolute atomic E-state index is 2.44. The lowest BCUT2D eigenvalue weighted by molar-refractivity contribution is 1.66. The Morgan fingerprint density at radius 1 is 0.217 bits per heavy atom. The van der Waals surface area contributed by atoms with Gasteiger partial charge in [-0.05, 0) is 116 Å². The van der Waals surface area contributed by atoms with E-state index in [2.05, 4.69) is 170 Å². The number of hydrogen-bond donors (Lipinski definition) is 0. The molecule has 10 aromatic carbocycles. The first-order valence-electron chi connectivity index (χ1n) is 16.0. The molecule has 0 aliphatic heterocycles. The highest BCUT2D eigenvalue weighted by Crippen LogP contribution is 2.47. The van der Waals surface area contributed by atoms with E-state index in [1.807, 2.05) is 0 Å². The zero-order valence-electron chi connectivity index (χ0n) is 25.2. The lowest BCUT2D eigenvalue weighted by atomic mass is 9.83. The summed E-state index contributed by atoms with van der Waals surface area (Å²) in [5.41, 5.74) is 7.58. The minimum absolute atomic E-state index is 1.24. The van der Waals surface area contributed by atoms with Crippen molar-refractivity contribution in [1.82, 2.24) is 0 Å². The Hall–Kier alpha value is -5.98. The van der Waals surface area contributed by atoms with E-state index in [9.17, 15) is 0 Å². The smallest absolute Gasteiger partial charge is 0.00141 e. The third-order valence-electron chi connectivity index (χ3n) is 9.98. The average molecular weight is 581 g/mol. The zero-order chi connectivity index (χ0) is 30.2. The van der Waals surface area contributed by atoms with Crippen LogP contribution in [0.4, 0.5) is 0 Å². The van der Waals surface area contributed by atoms with Crippen molar-refractivity contribution < 1.29 is 0 Å². The van der Waals surface area contributed by atoms with Gasteiger partial charge in [0, 0.05) is 0 Å². The minimum Gasteiger partial charge on any atom is -0.0616 e. The van der Waals surface area contributed by atoms with Crippen molar-refractivity contribution in [3.63, 3.8) is 0 Å². The van der Waals surface area contributed by atoms with Gasteiger partial charge >= 0.3 is 0 Å². The van der Waals surface area contributed by atoms with Crippen LogP contribution in [0.5, 0.6) is 0 Å². The van der Waals surface area contributed by atoms with Crippen molar-refractivity contribution in [2.45, 2.75) is 0 Å². The SMILES string of the molecule is c1ccc2cc(-c3ccc4ccc5c(-c6cccc7ccccc67)cc(-c6ccc7ccccc7c6)c6ccc3c4c65)ccc2c1. The number of rotatable bonds is 3. The van der Waals surface area contributed by atoms with Gasteiger partial charge in [0.15, 0.2) is 0 Å². The molecule has 212 valence electrons.